The van der Waals surface area contributed by atoms with Gasteiger partial charge in [-0.3, -0.25) is 4.90 Å². The number of halogens is 1. The molecule has 1 aliphatic carbocycles. The van der Waals surface area contributed by atoms with Gasteiger partial charge in [-0.25, -0.2) is 4.79 Å². The molecule has 1 aromatic rings. The maximum atomic E-state index is 12.2. The monoisotopic (exact) mass is 350 g/mol. The second kappa shape index (κ2) is 6.93. The molecule has 1 heterocycles. The van der Waals surface area contributed by atoms with Gasteiger partial charge in [-0.2, -0.15) is 0 Å². The smallest absolute Gasteiger partial charge is 0.410 e. The quantitative estimate of drug-likeness (QED) is 0.894. The van der Waals surface area contributed by atoms with Crippen molar-refractivity contribution in [3.63, 3.8) is 0 Å². The van der Waals surface area contributed by atoms with Gasteiger partial charge in [-0.05, 0) is 49.3 Å². The van der Waals surface area contributed by atoms with Gasteiger partial charge in [0.05, 0.1) is 6.04 Å². The third-order valence-corrected chi connectivity index (χ3v) is 6.08. The lowest BCUT2D eigenvalue weighted by Gasteiger charge is -2.43. The summed E-state index contributed by atoms with van der Waals surface area (Å²) in [5, 5.41) is 0.755. The zero-order valence-electron chi connectivity index (χ0n) is 14.5. The number of hydrogen-bond donors (Lipinski definition) is 1. The van der Waals surface area contributed by atoms with Crippen molar-refractivity contribution in [3.05, 3.63) is 34.9 Å². The molecular formula is C19H27ClN2O2. The largest absolute Gasteiger partial charge is 0.447 e. The van der Waals surface area contributed by atoms with Crippen molar-refractivity contribution in [1.29, 1.82) is 0 Å². The molecule has 1 saturated heterocycles. The minimum Gasteiger partial charge on any atom is -0.447 e. The van der Waals surface area contributed by atoms with Gasteiger partial charge in [0.1, 0.15) is 6.61 Å². The van der Waals surface area contributed by atoms with E-state index in [0.29, 0.717) is 19.1 Å². The second-order valence-corrected chi connectivity index (χ2v) is 7.96. The van der Waals surface area contributed by atoms with Crippen LogP contribution in [0.15, 0.2) is 24.3 Å². The van der Waals surface area contributed by atoms with Crippen LogP contribution in [-0.4, -0.2) is 36.2 Å². The van der Waals surface area contributed by atoms with Crippen molar-refractivity contribution in [2.24, 2.45) is 11.7 Å². The average Bonchev–Trinajstić information content (AvgIpc) is 2.97. The number of nitrogens with two attached hydrogens (primary N) is 1. The molecular weight excluding hydrogens is 324 g/mol. The van der Waals surface area contributed by atoms with Gasteiger partial charge in [0.2, 0.25) is 0 Å². The van der Waals surface area contributed by atoms with E-state index in [1.165, 1.54) is 5.56 Å². The van der Waals surface area contributed by atoms with Crippen LogP contribution in [0.3, 0.4) is 0 Å². The molecule has 1 aromatic carbocycles. The Morgan fingerprint density at radius 1 is 1.38 bits per heavy atom. The first-order valence-corrected chi connectivity index (χ1v) is 9.26. The molecule has 0 spiro atoms. The fraction of sp³-hybridized carbons (Fsp3) is 0.632. The fourth-order valence-electron chi connectivity index (χ4n) is 4.24. The number of hydrogen-bond acceptors (Lipinski definition) is 3. The first kappa shape index (κ1) is 17.6. The zero-order chi connectivity index (χ0) is 17.3. The topological polar surface area (TPSA) is 55.6 Å². The van der Waals surface area contributed by atoms with Crippen molar-refractivity contribution in [2.75, 3.05) is 13.2 Å². The number of nitrogens with zero attached hydrogens (tertiary/aromatic N) is 1. The highest BCUT2D eigenvalue weighted by Crippen LogP contribution is 2.42. The van der Waals surface area contributed by atoms with Crippen LogP contribution in [0.2, 0.25) is 5.02 Å². The summed E-state index contributed by atoms with van der Waals surface area (Å²) in [7, 11) is 0. The lowest BCUT2D eigenvalue weighted by Crippen LogP contribution is -2.49. The van der Waals surface area contributed by atoms with Crippen LogP contribution in [0.5, 0.6) is 0 Å². The number of cyclic esters (lactones) is 1. The molecule has 0 aromatic heterocycles. The Morgan fingerprint density at radius 2 is 2.08 bits per heavy atom. The Labute approximate surface area is 149 Å². The van der Waals surface area contributed by atoms with Crippen molar-refractivity contribution in [2.45, 2.75) is 57.0 Å². The number of amides is 1. The Balaban J connectivity index is 1.75. The summed E-state index contributed by atoms with van der Waals surface area (Å²) in [6.07, 6.45) is 3.72. The highest BCUT2D eigenvalue weighted by Gasteiger charge is 2.44. The molecule has 1 aliphatic heterocycles. The Hall–Kier alpha value is -1.26. The molecule has 1 amide bonds. The summed E-state index contributed by atoms with van der Waals surface area (Å²) in [5.41, 5.74) is 7.37. The summed E-state index contributed by atoms with van der Waals surface area (Å²) >= 11 is 6.18. The molecule has 5 heteroatoms. The lowest BCUT2D eigenvalue weighted by atomic mass is 9.68. The molecule has 0 bridgehead atoms. The highest BCUT2D eigenvalue weighted by atomic mass is 35.5. The minimum absolute atomic E-state index is 0.0294. The molecule has 0 radical (unpaired) electrons. The molecule has 0 unspecified atom stereocenters. The highest BCUT2D eigenvalue weighted by molar-refractivity contribution is 6.30. The lowest BCUT2D eigenvalue weighted by molar-refractivity contribution is 0.108. The van der Waals surface area contributed by atoms with E-state index < -0.39 is 0 Å². The molecule has 132 valence electrons. The van der Waals surface area contributed by atoms with Crippen molar-refractivity contribution in [1.82, 2.24) is 4.90 Å². The Morgan fingerprint density at radius 3 is 2.67 bits per heavy atom. The molecule has 24 heavy (non-hydrogen) atoms. The van der Waals surface area contributed by atoms with Gasteiger partial charge >= 0.3 is 6.09 Å². The van der Waals surface area contributed by atoms with E-state index in [1.807, 2.05) is 23.1 Å². The van der Waals surface area contributed by atoms with Crippen molar-refractivity contribution >= 4 is 17.7 Å². The van der Waals surface area contributed by atoms with Gasteiger partial charge in [0, 0.05) is 23.0 Å². The molecule has 2 aliphatic rings. The number of carbonyl (C=O) groups is 1. The van der Waals surface area contributed by atoms with E-state index in [1.54, 1.807) is 0 Å². The van der Waals surface area contributed by atoms with Gasteiger partial charge in [-0.15, -0.1) is 0 Å². The van der Waals surface area contributed by atoms with Crippen LogP contribution in [0.4, 0.5) is 4.79 Å². The van der Waals surface area contributed by atoms with Crippen LogP contribution in [0, 0.1) is 5.92 Å². The minimum atomic E-state index is -0.151. The molecule has 3 rings (SSSR count). The third-order valence-electron chi connectivity index (χ3n) is 5.85. The Bertz CT molecular complexity index is 597. The number of rotatable bonds is 4. The van der Waals surface area contributed by atoms with Gasteiger partial charge in [0.25, 0.3) is 0 Å². The van der Waals surface area contributed by atoms with Crippen molar-refractivity contribution in [3.8, 4) is 0 Å². The molecule has 4 nitrogen and oxygen atoms in total. The van der Waals surface area contributed by atoms with E-state index in [0.717, 1.165) is 30.7 Å². The van der Waals surface area contributed by atoms with Crippen LogP contribution < -0.4 is 5.73 Å². The number of ether oxygens (including phenoxy) is 1. The average molecular weight is 351 g/mol. The first-order chi connectivity index (χ1) is 11.5. The van der Waals surface area contributed by atoms with Gasteiger partial charge in [0.15, 0.2) is 0 Å². The summed E-state index contributed by atoms with van der Waals surface area (Å²) in [5.74, 6) is 0.408. The Kier molecular flexibility index (Phi) is 5.07. The van der Waals surface area contributed by atoms with E-state index in [4.69, 9.17) is 22.1 Å². The fourth-order valence-corrected chi connectivity index (χ4v) is 4.43. The molecule has 1 saturated carbocycles. The maximum Gasteiger partial charge on any atom is 0.410 e. The van der Waals surface area contributed by atoms with E-state index in [-0.39, 0.29) is 23.6 Å². The SMILES string of the molecule is CC(C)[C@H]1COC(=O)N1[C@H]1CC[C@](CN)(c2cccc(Cl)c2)CC1. The summed E-state index contributed by atoms with van der Waals surface area (Å²) in [4.78, 5) is 14.2. The van der Waals surface area contributed by atoms with Gasteiger partial charge < -0.3 is 10.5 Å². The van der Waals surface area contributed by atoms with E-state index >= 15 is 0 Å². The van der Waals surface area contributed by atoms with Crippen LogP contribution in [0.1, 0.15) is 45.1 Å². The second-order valence-electron chi connectivity index (χ2n) is 7.52. The first-order valence-electron chi connectivity index (χ1n) is 8.88. The summed E-state index contributed by atoms with van der Waals surface area (Å²) in [6.45, 7) is 5.43. The predicted molar refractivity (Wildman–Crippen MR) is 96.3 cm³/mol. The van der Waals surface area contributed by atoms with E-state index in [9.17, 15) is 4.79 Å². The predicted octanol–water partition coefficient (Wildman–Crippen LogP) is 3.96. The standard InChI is InChI=1S/C19H27ClN2O2/c1-13(2)17-11-24-18(23)22(17)16-6-8-19(12-21,9-7-16)14-4-3-5-15(20)10-14/h3-5,10,13,16-17H,6-9,11-12,21H2,1-2H3/t16-,17-,19-/m1/s1. The molecule has 2 fully saturated rings. The van der Waals surface area contributed by atoms with Crippen molar-refractivity contribution < 1.29 is 9.53 Å². The maximum absolute atomic E-state index is 12.2. The summed E-state index contributed by atoms with van der Waals surface area (Å²) in [6, 6.07) is 8.50. The molecule has 1 atom stereocenters. The third kappa shape index (κ3) is 3.14. The zero-order valence-corrected chi connectivity index (χ0v) is 15.3. The number of carbonyl (C=O) groups excluding carboxylic acids is 1. The summed E-state index contributed by atoms with van der Waals surface area (Å²) < 4.78 is 5.32. The normalized spacial score (nSPS) is 30.7. The molecule has 2 N–H and O–H groups in total. The van der Waals surface area contributed by atoms with Crippen LogP contribution in [0.25, 0.3) is 0 Å². The van der Waals surface area contributed by atoms with Gasteiger partial charge in [-0.1, -0.05) is 37.6 Å². The van der Waals surface area contributed by atoms with Crippen LogP contribution in [-0.2, 0) is 10.2 Å². The number of benzene rings is 1. The van der Waals surface area contributed by atoms with E-state index in [2.05, 4.69) is 19.9 Å². The van der Waals surface area contributed by atoms with Crippen LogP contribution >= 0.6 is 11.6 Å².